The van der Waals surface area contributed by atoms with Crippen LogP contribution in [0.5, 0.6) is 0 Å². The van der Waals surface area contributed by atoms with Crippen LogP contribution in [0.4, 0.5) is 0 Å². The maximum atomic E-state index is 13.5. The van der Waals surface area contributed by atoms with Crippen molar-refractivity contribution in [3.05, 3.63) is 0 Å². The number of carboxylic acid groups (broad SMARTS) is 1. The van der Waals surface area contributed by atoms with Crippen LogP contribution in [0.2, 0.25) is 0 Å². The van der Waals surface area contributed by atoms with E-state index >= 15 is 0 Å². The summed E-state index contributed by atoms with van der Waals surface area (Å²) < 4.78 is 6.34. The van der Waals surface area contributed by atoms with Gasteiger partial charge in [-0.2, -0.15) is 0 Å². The Morgan fingerprint density at radius 3 is 1.93 bits per heavy atom. The van der Waals surface area contributed by atoms with Crippen LogP contribution in [0, 0.1) is 92.7 Å². The standard InChI is InChI=1S/C48H78O6/c1-28(7-17-43(51)52)36-13-15-38-34-11-10-31-26-33(20-23-45(31,3)39(34)21-24-47(36,38)5)54-44(53)18-8-29(2)37-14-16-40-35-12-9-30-25-32(49)19-22-46(30,4)41(35)27-42(50)48(37,40)6/h28-42,49-50H,7-27H2,1-6H3,(H,51,52)/t28-,29-,30-,31?,32-,33-,34+,35?,36-,37-,38+,39+,40?,41?,42+,45+,46+,47-,48-/m1/s1. The lowest BCUT2D eigenvalue weighted by Gasteiger charge is -2.62. The zero-order valence-electron chi connectivity index (χ0n) is 35.1. The first-order chi connectivity index (χ1) is 25.6. The molecule has 8 saturated carbocycles. The zero-order valence-corrected chi connectivity index (χ0v) is 35.1. The Hall–Kier alpha value is -1.14. The number of rotatable bonds is 9. The van der Waals surface area contributed by atoms with Crippen molar-refractivity contribution in [3.8, 4) is 0 Å². The van der Waals surface area contributed by atoms with Crippen molar-refractivity contribution in [2.45, 2.75) is 195 Å². The molecule has 306 valence electrons. The molecule has 3 N–H and O–H groups in total. The molecule has 8 aliphatic rings. The summed E-state index contributed by atoms with van der Waals surface area (Å²) in [6, 6.07) is 0. The molecule has 0 heterocycles. The molecule has 8 fully saturated rings. The highest BCUT2D eigenvalue weighted by Gasteiger charge is 2.64. The molecule has 0 aromatic heterocycles. The van der Waals surface area contributed by atoms with E-state index in [1.165, 1.54) is 70.6 Å². The quantitative estimate of drug-likeness (QED) is 0.203. The molecule has 0 bridgehead atoms. The number of ether oxygens (including phenoxy) is 1. The van der Waals surface area contributed by atoms with Gasteiger partial charge in [-0.15, -0.1) is 0 Å². The van der Waals surface area contributed by atoms with Crippen molar-refractivity contribution in [1.82, 2.24) is 0 Å². The molecule has 6 nitrogen and oxygen atoms in total. The predicted octanol–water partition coefficient (Wildman–Crippen LogP) is 10.5. The Labute approximate surface area is 328 Å². The van der Waals surface area contributed by atoms with Gasteiger partial charge in [-0.3, -0.25) is 9.59 Å². The van der Waals surface area contributed by atoms with Crippen LogP contribution < -0.4 is 0 Å². The number of carboxylic acids is 1. The fourth-order valence-corrected chi connectivity index (χ4v) is 17.8. The molecule has 0 spiro atoms. The molecule has 8 aliphatic carbocycles. The van der Waals surface area contributed by atoms with Gasteiger partial charge >= 0.3 is 11.9 Å². The number of aliphatic hydroxyl groups excluding tert-OH is 2. The van der Waals surface area contributed by atoms with E-state index in [4.69, 9.17) is 4.74 Å². The molecule has 0 radical (unpaired) electrons. The van der Waals surface area contributed by atoms with E-state index in [0.717, 1.165) is 69.1 Å². The number of aliphatic hydroxyl groups is 2. The molecule has 0 aromatic carbocycles. The van der Waals surface area contributed by atoms with Crippen LogP contribution in [-0.4, -0.2) is 45.6 Å². The van der Waals surface area contributed by atoms with Gasteiger partial charge in [0.05, 0.1) is 12.2 Å². The summed E-state index contributed by atoms with van der Waals surface area (Å²) >= 11 is 0. The van der Waals surface area contributed by atoms with E-state index < -0.39 is 5.97 Å². The number of fused-ring (bicyclic) bond motifs is 10. The summed E-state index contributed by atoms with van der Waals surface area (Å²) in [5, 5.41) is 31.8. The summed E-state index contributed by atoms with van der Waals surface area (Å²) in [5.74, 6) is 6.78. The van der Waals surface area contributed by atoms with E-state index in [2.05, 4.69) is 41.5 Å². The monoisotopic (exact) mass is 751 g/mol. The maximum absolute atomic E-state index is 13.5. The SMILES string of the molecule is C[C@H](CCC(=O)O)[C@H]1CC[C@H]2[C@@H]3CCC4C[C@H](OC(=O)CC[C@@H](C)[C@H]5CCC6C7CC[C@@H]8C[C@H](O)CC[C@]8(C)C7C[C@H](O)[C@@]65C)CC[C@]4(C)[C@H]3CC[C@]12C. The first kappa shape index (κ1) is 39.7. The van der Waals surface area contributed by atoms with E-state index in [9.17, 15) is 24.9 Å². The topological polar surface area (TPSA) is 104 Å². The van der Waals surface area contributed by atoms with Gasteiger partial charge in [-0.1, -0.05) is 41.5 Å². The second kappa shape index (κ2) is 14.6. The maximum Gasteiger partial charge on any atom is 0.306 e. The lowest BCUT2D eigenvalue weighted by Crippen LogP contribution is -2.58. The Kier molecular flexibility index (Phi) is 10.7. The highest BCUT2D eigenvalue weighted by atomic mass is 16.5. The van der Waals surface area contributed by atoms with Gasteiger partial charge in [-0.05, 0) is 215 Å². The highest BCUT2D eigenvalue weighted by molar-refractivity contribution is 5.69. The number of carbonyl (C=O) groups is 2. The smallest absolute Gasteiger partial charge is 0.306 e. The Balaban J connectivity index is 0.835. The molecule has 19 atom stereocenters. The second-order valence-corrected chi connectivity index (χ2v) is 22.6. The third-order valence-electron chi connectivity index (χ3n) is 20.8. The van der Waals surface area contributed by atoms with Crippen LogP contribution in [0.25, 0.3) is 0 Å². The van der Waals surface area contributed by atoms with Crippen molar-refractivity contribution in [1.29, 1.82) is 0 Å². The normalized spacial score (nSPS) is 52.0. The van der Waals surface area contributed by atoms with Crippen molar-refractivity contribution in [3.63, 3.8) is 0 Å². The lowest BCUT2D eigenvalue weighted by molar-refractivity contribution is -0.175. The van der Waals surface area contributed by atoms with Crippen molar-refractivity contribution in [2.24, 2.45) is 92.7 Å². The summed E-state index contributed by atoms with van der Waals surface area (Å²) in [5.41, 5.74) is 0.898. The Morgan fingerprint density at radius 2 is 1.19 bits per heavy atom. The third kappa shape index (κ3) is 6.37. The minimum atomic E-state index is -0.656. The number of hydrogen-bond donors (Lipinski definition) is 3. The largest absolute Gasteiger partial charge is 0.481 e. The van der Waals surface area contributed by atoms with Crippen LogP contribution in [-0.2, 0) is 14.3 Å². The van der Waals surface area contributed by atoms with E-state index in [0.29, 0.717) is 76.9 Å². The summed E-state index contributed by atoms with van der Waals surface area (Å²) in [6.45, 7) is 14.8. The van der Waals surface area contributed by atoms with Gasteiger partial charge in [0.15, 0.2) is 0 Å². The molecule has 6 heteroatoms. The van der Waals surface area contributed by atoms with Gasteiger partial charge in [0, 0.05) is 12.8 Å². The molecular formula is C48H78O6. The lowest BCUT2D eigenvalue weighted by atomic mass is 9.43. The molecule has 0 amide bonds. The molecule has 54 heavy (non-hydrogen) atoms. The van der Waals surface area contributed by atoms with E-state index in [-0.39, 0.29) is 35.1 Å². The minimum absolute atomic E-state index is 0.00118. The van der Waals surface area contributed by atoms with Gasteiger partial charge in [0.2, 0.25) is 0 Å². The van der Waals surface area contributed by atoms with Crippen molar-refractivity contribution in [2.75, 3.05) is 0 Å². The average Bonchev–Trinajstić information content (AvgIpc) is 3.68. The number of hydrogen-bond acceptors (Lipinski definition) is 5. The molecular weight excluding hydrogens is 673 g/mol. The second-order valence-electron chi connectivity index (χ2n) is 22.6. The Bertz CT molecular complexity index is 1400. The fraction of sp³-hybridized carbons (Fsp3) is 0.958. The zero-order chi connectivity index (χ0) is 38.4. The number of aliphatic carboxylic acids is 1. The third-order valence-corrected chi connectivity index (χ3v) is 20.8. The van der Waals surface area contributed by atoms with Crippen LogP contribution in [0.1, 0.15) is 176 Å². The van der Waals surface area contributed by atoms with Gasteiger partial charge < -0.3 is 20.1 Å². The van der Waals surface area contributed by atoms with Gasteiger partial charge in [0.25, 0.3) is 0 Å². The van der Waals surface area contributed by atoms with Crippen molar-refractivity contribution < 1.29 is 29.6 Å². The first-order valence-electron chi connectivity index (χ1n) is 23.4. The minimum Gasteiger partial charge on any atom is -0.481 e. The predicted molar refractivity (Wildman–Crippen MR) is 212 cm³/mol. The van der Waals surface area contributed by atoms with E-state index in [1.807, 2.05) is 0 Å². The van der Waals surface area contributed by atoms with Gasteiger partial charge in [0.1, 0.15) is 6.10 Å². The van der Waals surface area contributed by atoms with Crippen molar-refractivity contribution >= 4 is 11.9 Å². The van der Waals surface area contributed by atoms with Crippen LogP contribution >= 0.6 is 0 Å². The average molecular weight is 751 g/mol. The first-order valence-corrected chi connectivity index (χ1v) is 23.4. The van der Waals surface area contributed by atoms with E-state index in [1.54, 1.807) is 0 Å². The van der Waals surface area contributed by atoms with Crippen LogP contribution in [0.3, 0.4) is 0 Å². The Morgan fingerprint density at radius 1 is 0.611 bits per heavy atom. The van der Waals surface area contributed by atoms with Gasteiger partial charge in [-0.25, -0.2) is 0 Å². The summed E-state index contributed by atoms with van der Waals surface area (Å²) in [7, 11) is 0. The molecule has 0 saturated heterocycles. The molecule has 0 aromatic rings. The molecule has 8 rings (SSSR count). The molecule has 4 unspecified atom stereocenters. The number of esters is 1. The summed E-state index contributed by atoms with van der Waals surface area (Å²) in [4.78, 5) is 24.8. The van der Waals surface area contributed by atoms with Crippen LogP contribution in [0.15, 0.2) is 0 Å². The highest BCUT2D eigenvalue weighted by Crippen LogP contribution is 2.70. The summed E-state index contributed by atoms with van der Waals surface area (Å²) in [6.07, 6.45) is 21.9. The fourth-order valence-electron chi connectivity index (χ4n) is 17.8. The molecule has 0 aliphatic heterocycles. The number of carbonyl (C=O) groups excluding carboxylic acids is 1.